The number of ether oxygens (including phenoxy) is 1. The van der Waals surface area contributed by atoms with Crippen LogP contribution in [0.15, 0.2) is 23.2 Å². The SMILES string of the molecule is CN=C(NCc1ccc(OC)c(C)c1)NC1CN(C(C)C)CC1C.I. The van der Waals surface area contributed by atoms with Crippen molar-refractivity contribution in [1.29, 1.82) is 0 Å². The molecule has 2 rings (SSSR count). The number of rotatable bonds is 5. The van der Waals surface area contributed by atoms with Gasteiger partial charge in [-0.3, -0.25) is 9.89 Å². The third-order valence-electron chi connectivity index (χ3n) is 4.84. The highest BCUT2D eigenvalue weighted by molar-refractivity contribution is 14.0. The van der Waals surface area contributed by atoms with Crippen LogP contribution in [0.3, 0.4) is 0 Å². The minimum absolute atomic E-state index is 0. The third kappa shape index (κ3) is 6.02. The zero-order chi connectivity index (χ0) is 17.7. The van der Waals surface area contributed by atoms with Gasteiger partial charge in [0.05, 0.1) is 7.11 Å². The first kappa shape index (κ1) is 22.0. The molecular formula is C19H33IN4O. The number of aryl methyl sites for hydroxylation is 1. The molecule has 1 saturated heterocycles. The molecule has 1 aromatic carbocycles. The predicted octanol–water partition coefficient (Wildman–Crippen LogP) is 3.02. The van der Waals surface area contributed by atoms with E-state index in [2.05, 4.69) is 60.4 Å². The van der Waals surface area contributed by atoms with Gasteiger partial charge in [-0.15, -0.1) is 24.0 Å². The van der Waals surface area contributed by atoms with E-state index in [0.717, 1.165) is 36.9 Å². The Kier molecular flexibility index (Phi) is 8.99. The van der Waals surface area contributed by atoms with Crippen molar-refractivity contribution in [2.45, 2.75) is 46.3 Å². The van der Waals surface area contributed by atoms with Gasteiger partial charge in [0.15, 0.2) is 5.96 Å². The van der Waals surface area contributed by atoms with Crippen LogP contribution in [0.1, 0.15) is 31.9 Å². The highest BCUT2D eigenvalue weighted by Gasteiger charge is 2.31. The molecular weight excluding hydrogens is 427 g/mol. The maximum atomic E-state index is 5.32. The van der Waals surface area contributed by atoms with E-state index in [1.54, 1.807) is 7.11 Å². The van der Waals surface area contributed by atoms with Crippen molar-refractivity contribution >= 4 is 29.9 Å². The van der Waals surface area contributed by atoms with Crippen LogP contribution in [0, 0.1) is 12.8 Å². The van der Waals surface area contributed by atoms with Crippen molar-refractivity contribution in [2.75, 3.05) is 27.2 Å². The van der Waals surface area contributed by atoms with Gasteiger partial charge in [-0.05, 0) is 43.9 Å². The lowest BCUT2D eigenvalue weighted by molar-refractivity contribution is 0.265. The highest BCUT2D eigenvalue weighted by atomic mass is 127. The Morgan fingerprint density at radius 1 is 1.36 bits per heavy atom. The second kappa shape index (κ2) is 10.2. The van der Waals surface area contributed by atoms with Gasteiger partial charge in [0, 0.05) is 38.8 Å². The van der Waals surface area contributed by atoms with Crippen LogP contribution in [-0.4, -0.2) is 50.2 Å². The Morgan fingerprint density at radius 3 is 2.60 bits per heavy atom. The molecule has 1 aliphatic rings. The van der Waals surface area contributed by atoms with Crippen LogP contribution in [-0.2, 0) is 6.54 Å². The molecule has 0 spiro atoms. The second-order valence-electron chi connectivity index (χ2n) is 7.01. The maximum Gasteiger partial charge on any atom is 0.191 e. The van der Waals surface area contributed by atoms with Crippen LogP contribution in [0.25, 0.3) is 0 Å². The fraction of sp³-hybridized carbons (Fsp3) is 0.632. The Hall–Kier alpha value is -1.02. The largest absolute Gasteiger partial charge is 0.496 e. The lowest BCUT2D eigenvalue weighted by atomic mass is 10.1. The number of nitrogens with one attached hydrogen (secondary N) is 2. The van der Waals surface area contributed by atoms with Crippen molar-refractivity contribution in [3.63, 3.8) is 0 Å². The van der Waals surface area contributed by atoms with Crippen molar-refractivity contribution in [1.82, 2.24) is 15.5 Å². The Balaban J connectivity index is 0.00000312. The van der Waals surface area contributed by atoms with E-state index in [4.69, 9.17) is 4.74 Å². The molecule has 0 aliphatic carbocycles. The molecule has 0 amide bonds. The monoisotopic (exact) mass is 460 g/mol. The number of likely N-dealkylation sites (tertiary alicyclic amines) is 1. The van der Waals surface area contributed by atoms with Crippen LogP contribution < -0.4 is 15.4 Å². The van der Waals surface area contributed by atoms with E-state index >= 15 is 0 Å². The average Bonchev–Trinajstić information content (AvgIpc) is 2.92. The Bertz CT molecular complexity index is 577. The summed E-state index contributed by atoms with van der Waals surface area (Å²) in [5, 5.41) is 7.00. The van der Waals surface area contributed by atoms with Crippen molar-refractivity contribution < 1.29 is 4.74 Å². The predicted molar refractivity (Wildman–Crippen MR) is 116 cm³/mol. The molecule has 1 fully saturated rings. The normalized spacial score (nSPS) is 21.2. The Labute approximate surface area is 169 Å². The smallest absolute Gasteiger partial charge is 0.191 e. The molecule has 142 valence electrons. The number of hydrogen-bond donors (Lipinski definition) is 2. The zero-order valence-corrected chi connectivity index (χ0v) is 18.6. The number of nitrogens with zero attached hydrogens (tertiary/aromatic N) is 2. The molecule has 5 nitrogen and oxygen atoms in total. The summed E-state index contributed by atoms with van der Waals surface area (Å²) in [5.41, 5.74) is 2.37. The van der Waals surface area contributed by atoms with Crippen LogP contribution >= 0.6 is 24.0 Å². The number of aliphatic imine (C=N–C) groups is 1. The van der Waals surface area contributed by atoms with Crippen LogP contribution in [0.5, 0.6) is 5.75 Å². The quantitative estimate of drug-likeness (QED) is 0.403. The third-order valence-corrected chi connectivity index (χ3v) is 4.84. The lowest BCUT2D eigenvalue weighted by Gasteiger charge is -2.22. The van der Waals surface area contributed by atoms with E-state index in [9.17, 15) is 0 Å². The molecule has 2 N–H and O–H groups in total. The Morgan fingerprint density at radius 2 is 2.08 bits per heavy atom. The number of methoxy groups -OCH3 is 1. The van der Waals surface area contributed by atoms with Gasteiger partial charge < -0.3 is 15.4 Å². The zero-order valence-electron chi connectivity index (χ0n) is 16.3. The van der Waals surface area contributed by atoms with E-state index in [1.807, 2.05) is 13.1 Å². The van der Waals surface area contributed by atoms with Gasteiger partial charge in [-0.2, -0.15) is 0 Å². The first-order valence-electron chi connectivity index (χ1n) is 8.79. The summed E-state index contributed by atoms with van der Waals surface area (Å²) in [6, 6.07) is 7.29. The molecule has 0 saturated carbocycles. The fourth-order valence-electron chi connectivity index (χ4n) is 3.22. The summed E-state index contributed by atoms with van der Waals surface area (Å²) in [6.45, 7) is 11.9. The molecule has 6 heteroatoms. The van der Waals surface area contributed by atoms with Gasteiger partial charge >= 0.3 is 0 Å². The summed E-state index contributed by atoms with van der Waals surface area (Å²) < 4.78 is 5.32. The van der Waals surface area contributed by atoms with E-state index < -0.39 is 0 Å². The summed E-state index contributed by atoms with van der Waals surface area (Å²) in [7, 11) is 3.53. The number of benzene rings is 1. The van der Waals surface area contributed by atoms with Gasteiger partial charge in [-0.25, -0.2) is 0 Å². The number of hydrogen-bond acceptors (Lipinski definition) is 3. The molecule has 1 aromatic rings. The van der Waals surface area contributed by atoms with Gasteiger partial charge in [0.2, 0.25) is 0 Å². The van der Waals surface area contributed by atoms with E-state index in [-0.39, 0.29) is 24.0 Å². The first-order chi connectivity index (χ1) is 11.4. The number of guanidine groups is 1. The second-order valence-corrected chi connectivity index (χ2v) is 7.01. The molecule has 0 aromatic heterocycles. The van der Waals surface area contributed by atoms with Crippen molar-refractivity contribution in [3.05, 3.63) is 29.3 Å². The summed E-state index contributed by atoms with van der Waals surface area (Å²) in [6.07, 6.45) is 0. The summed E-state index contributed by atoms with van der Waals surface area (Å²) >= 11 is 0. The van der Waals surface area contributed by atoms with E-state index in [1.165, 1.54) is 5.56 Å². The molecule has 1 heterocycles. The molecule has 0 radical (unpaired) electrons. The minimum atomic E-state index is 0. The summed E-state index contributed by atoms with van der Waals surface area (Å²) in [4.78, 5) is 6.89. The molecule has 25 heavy (non-hydrogen) atoms. The molecule has 2 atom stereocenters. The highest BCUT2D eigenvalue weighted by Crippen LogP contribution is 2.19. The minimum Gasteiger partial charge on any atom is -0.496 e. The fourth-order valence-corrected chi connectivity index (χ4v) is 3.22. The maximum absolute atomic E-state index is 5.32. The van der Waals surface area contributed by atoms with Gasteiger partial charge in [0.25, 0.3) is 0 Å². The molecule has 1 aliphatic heterocycles. The lowest BCUT2D eigenvalue weighted by Crippen LogP contribution is -2.46. The molecule has 2 unspecified atom stereocenters. The topological polar surface area (TPSA) is 48.9 Å². The van der Waals surface area contributed by atoms with Gasteiger partial charge in [0.1, 0.15) is 5.75 Å². The summed E-state index contributed by atoms with van der Waals surface area (Å²) in [5.74, 6) is 2.41. The average molecular weight is 460 g/mol. The number of halogens is 1. The van der Waals surface area contributed by atoms with E-state index in [0.29, 0.717) is 18.0 Å². The van der Waals surface area contributed by atoms with Crippen LogP contribution in [0.4, 0.5) is 0 Å². The molecule has 0 bridgehead atoms. The van der Waals surface area contributed by atoms with Crippen molar-refractivity contribution in [3.8, 4) is 5.75 Å². The van der Waals surface area contributed by atoms with Crippen molar-refractivity contribution in [2.24, 2.45) is 10.9 Å². The van der Waals surface area contributed by atoms with Crippen LogP contribution in [0.2, 0.25) is 0 Å². The standard InChI is InChI=1S/C19H32N4O.HI/c1-13(2)23-11-15(4)17(12-23)22-19(20-5)21-10-16-7-8-18(24-6)14(3)9-16;/h7-9,13,15,17H,10-12H2,1-6H3,(H2,20,21,22);1H. The van der Waals surface area contributed by atoms with Gasteiger partial charge in [-0.1, -0.05) is 19.1 Å². The first-order valence-corrected chi connectivity index (χ1v) is 8.79.